The highest BCUT2D eigenvalue weighted by Gasteiger charge is 2.08. The van der Waals surface area contributed by atoms with E-state index in [1.807, 2.05) is 26.0 Å². The van der Waals surface area contributed by atoms with E-state index in [9.17, 15) is 0 Å². The standard InChI is InChI=1S/C13H18BrN3O2S/c1-4-15-13(20)17-16-8-9-6-12(19-5-2)11(18-3)7-10(9)14/h6-8H,4-5H2,1-3H3,(H2,15,17,20)/b16-8-. The lowest BCUT2D eigenvalue weighted by atomic mass is 10.2. The largest absolute Gasteiger partial charge is 0.493 e. The van der Waals surface area contributed by atoms with Crippen LogP contribution in [0.25, 0.3) is 0 Å². The fourth-order valence-electron chi connectivity index (χ4n) is 1.44. The first-order chi connectivity index (χ1) is 9.62. The average Bonchev–Trinajstić information content (AvgIpc) is 2.42. The van der Waals surface area contributed by atoms with Crippen molar-refractivity contribution in [3.05, 3.63) is 22.2 Å². The van der Waals surface area contributed by atoms with Crippen LogP contribution in [-0.4, -0.2) is 31.6 Å². The molecule has 0 bridgehead atoms. The monoisotopic (exact) mass is 359 g/mol. The number of ether oxygens (including phenoxy) is 2. The van der Waals surface area contributed by atoms with Crippen molar-refractivity contribution < 1.29 is 9.47 Å². The number of nitrogens with one attached hydrogen (secondary N) is 2. The van der Waals surface area contributed by atoms with E-state index in [0.717, 1.165) is 16.6 Å². The lowest BCUT2D eigenvalue weighted by Crippen LogP contribution is -2.31. The van der Waals surface area contributed by atoms with Gasteiger partial charge in [0.05, 0.1) is 19.9 Å². The van der Waals surface area contributed by atoms with Crippen LogP contribution in [0.5, 0.6) is 11.5 Å². The first kappa shape index (κ1) is 16.7. The van der Waals surface area contributed by atoms with Gasteiger partial charge in [-0.1, -0.05) is 0 Å². The summed E-state index contributed by atoms with van der Waals surface area (Å²) in [5.41, 5.74) is 3.60. The third-order valence-corrected chi connectivity index (χ3v) is 3.21. The molecule has 5 nitrogen and oxygen atoms in total. The number of hydrogen-bond donors (Lipinski definition) is 2. The van der Waals surface area contributed by atoms with E-state index in [0.29, 0.717) is 23.2 Å². The van der Waals surface area contributed by atoms with Crippen molar-refractivity contribution in [2.24, 2.45) is 5.10 Å². The van der Waals surface area contributed by atoms with Gasteiger partial charge in [0.1, 0.15) is 0 Å². The third kappa shape index (κ3) is 4.97. The fraction of sp³-hybridized carbons (Fsp3) is 0.385. The molecular weight excluding hydrogens is 342 g/mol. The van der Waals surface area contributed by atoms with Gasteiger partial charge in [-0.05, 0) is 54.1 Å². The lowest BCUT2D eigenvalue weighted by Gasteiger charge is -2.11. The van der Waals surface area contributed by atoms with Gasteiger partial charge in [0.2, 0.25) is 0 Å². The number of methoxy groups -OCH3 is 1. The molecule has 0 saturated heterocycles. The molecule has 0 saturated carbocycles. The number of halogens is 1. The first-order valence-electron chi connectivity index (χ1n) is 6.19. The Morgan fingerprint density at radius 2 is 2.15 bits per heavy atom. The molecule has 1 aromatic carbocycles. The van der Waals surface area contributed by atoms with Crippen molar-refractivity contribution in [3.63, 3.8) is 0 Å². The molecule has 20 heavy (non-hydrogen) atoms. The van der Waals surface area contributed by atoms with Crippen molar-refractivity contribution in [1.29, 1.82) is 0 Å². The number of hydrogen-bond acceptors (Lipinski definition) is 4. The van der Waals surface area contributed by atoms with Crippen molar-refractivity contribution in [2.75, 3.05) is 20.3 Å². The molecule has 0 fully saturated rings. The summed E-state index contributed by atoms with van der Waals surface area (Å²) in [5.74, 6) is 1.35. The highest BCUT2D eigenvalue weighted by molar-refractivity contribution is 9.10. The van der Waals surface area contributed by atoms with Gasteiger partial charge < -0.3 is 14.8 Å². The predicted octanol–water partition coefficient (Wildman–Crippen LogP) is 2.67. The van der Waals surface area contributed by atoms with Gasteiger partial charge in [0.25, 0.3) is 0 Å². The summed E-state index contributed by atoms with van der Waals surface area (Å²) in [6.07, 6.45) is 1.66. The molecule has 2 N–H and O–H groups in total. The smallest absolute Gasteiger partial charge is 0.186 e. The van der Waals surface area contributed by atoms with Gasteiger partial charge in [-0.15, -0.1) is 0 Å². The lowest BCUT2D eigenvalue weighted by molar-refractivity contribution is 0.311. The van der Waals surface area contributed by atoms with Crippen LogP contribution in [0.3, 0.4) is 0 Å². The highest BCUT2D eigenvalue weighted by Crippen LogP contribution is 2.32. The van der Waals surface area contributed by atoms with Crippen LogP contribution in [0.2, 0.25) is 0 Å². The summed E-state index contributed by atoms with van der Waals surface area (Å²) in [4.78, 5) is 0. The van der Waals surface area contributed by atoms with E-state index in [1.165, 1.54) is 0 Å². The summed E-state index contributed by atoms with van der Waals surface area (Å²) >= 11 is 8.48. The van der Waals surface area contributed by atoms with Crippen LogP contribution in [0.4, 0.5) is 0 Å². The minimum Gasteiger partial charge on any atom is -0.493 e. The number of rotatable bonds is 6. The molecule has 0 radical (unpaired) electrons. The van der Waals surface area contributed by atoms with Crippen LogP contribution in [-0.2, 0) is 0 Å². The molecule has 0 aromatic heterocycles. The zero-order chi connectivity index (χ0) is 15.0. The Kier molecular flexibility index (Phi) is 7.32. The van der Waals surface area contributed by atoms with Gasteiger partial charge in [-0.2, -0.15) is 5.10 Å². The summed E-state index contributed by atoms with van der Waals surface area (Å²) in [6, 6.07) is 3.70. The molecule has 0 aliphatic rings. The predicted molar refractivity (Wildman–Crippen MR) is 88.9 cm³/mol. The molecule has 110 valence electrons. The second kappa shape index (κ2) is 8.76. The maximum absolute atomic E-state index is 5.52. The van der Waals surface area contributed by atoms with Gasteiger partial charge in [-0.3, -0.25) is 5.43 Å². The molecule has 0 unspecified atom stereocenters. The van der Waals surface area contributed by atoms with E-state index >= 15 is 0 Å². The van der Waals surface area contributed by atoms with Gasteiger partial charge >= 0.3 is 0 Å². The zero-order valence-corrected chi connectivity index (χ0v) is 14.1. The van der Waals surface area contributed by atoms with E-state index < -0.39 is 0 Å². The SMILES string of the molecule is CCNC(=S)N/N=C\c1cc(OCC)c(OC)cc1Br. The van der Waals surface area contributed by atoms with Crippen LogP contribution in [0.1, 0.15) is 19.4 Å². The van der Waals surface area contributed by atoms with Crippen molar-refractivity contribution in [1.82, 2.24) is 10.7 Å². The Morgan fingerprint density at radius 3 is 2.75 bits per heavy atom. The molecular formula is C13H18BrN3O2S. The van der Waals surface area contributed by atoms with Crippen LogP contribution in [0.15, 0.2) is 21.7 Å². The molecule has 0 aliphatic heterocycles. The minimum absolute atomic E-state index is 0.485. The first-order valence-corrected chi connectivity index (χ1v) is 7.39. The van der Waals surface area contributed by atoms with Crippen molar-refractivity contribution >= 4 is 39.5 Å². The summed E-state index contributed by atoms with van der Waals surface area (Å²) in [7, 11) is 1.61. The summed E-state index contributed by atoms with van der Waals surface area (Å²) in [6.45, 7) is 5.21. The Morgan fingerprint density at radius 1 is 1.40 bits per heavy atom. The van der Waals surface area contributed by atoms with Gasteiger partial charge in [0.15, 0.2) is 16.6 Å². The Labute approximate surface area is 132 Å². The van der Waals surface area contributed by atoms with Gasteiger partial charge in [0, 0.05) is 16.6 Å². The molecule has 0 heterocycles. The zero-order valence-electron chi connectivity index (χ0n) is 11.7. The minimum atomic E-state index is 0.485. The molecule has 1 rings (SSSR count). The van der Waals surface area contributed by atoms with Crippen LogP contribution in [0, 0.1) is 0 Å². The van der Waals surface area contributed by atoms with Crippen LogP contribution >= 0.6 is 28.1 Å². The van der Waals surface area contributed by atoms with Gasteiger partial charge in [-0.25, -0.2) is 0 Å². The Balaban J connectivity index is 2.86. The number of hydrazone groups is 1. The van der Waals surface area contributed by atoms with E-state index in [4.69, 9.17) is 21.7 Å². The maximum atomic E-state index is 5.52. The molecule has 0 atom stereocenters. The highest BCUT2D eigenvalue weighted by atomic mass is 79.9. The molecule has 1 aromatic rings. The Bertz CT molecular complexity index is 495. The van der Waals surface area contributed by atoms with E-state index in [1.54, 1.807) is 13.3 Å². The second-order valence-corrected chi connectivity index (χ2v) is 4.95. The van der Waals surface area contributed by atoms with Crippen LogP contribution < -0.4 is 20.2 Å². The third-order valence-electron chi connectivity index (χ3n) is 2.29. The quantitative estimate of drug-likeness (QED) is 0.464. The number of nitrogens with zero attached hydrogens (tertiary/aromatic N) is 1. The summed E-state index contributed by atoms with van der Waals surface area (Å²) in [5, 5.41) is 7.50. The maximum Gasteiger partial charge on any atom is 0.186 e. The number of benzene rings is 1. The van der Waals surface area contributed by atoms with E-state index in [-0.39, 0.29) is 0 Å². The van der Waals surface area contributed by atoms with Crippen molar-refractivity contribution in [2.45, 2.75) is 13.8 Å². The topological polar surface area (TPSA) is 54.9 Å². The molecule has 7 heteroatoms. The van der Waals surface area contributed by atoms with E-state index in [2.05, 4.69) is 31.8 Å². The van der Waals surface area contributed by atoms with Crippen molar-refractivity contribution in [3.8, 4) is 11.5 Å². The number of thiocarbonyl (C=S) groups is 1. The molecule has 0 amide bonds. The second-order valence-electron chi connectivity index (χ2n) is 3.69. The normalized spacial score (nSPS) is 10.4. The average molecular weight is 360 g/mol. The molecule has 0 aliphatic carbocycles. The summed E-state index contributed by atoms with van der Waals surface area (Å²) < 4.78 is 11.6. The fourth-order valence-corrected chi connectivity index (χ4v) is 2.06. The Hall–Kier alpha value is -1.34. The molecule has 0 spiro atoms.